The van der Waals surface area contributed by atoms with Crippen molar-refractivity contribution in [3.8, 4) is 0 Å². The number of hydrogen-bond acceptors (Lipinski definition) is 6. The number of nitrogens with one attached hydrogen (secondary N) is 1. The number of ether oxygens (including phenoxy) is 1. The number of carbonyl (C=O) groups is 2. The van der Waals surface area contributed by atoms with Crippen LogP contribution in [0.4, 0.5) is 0 Å². The van der Waals surface area contributed by atoms with Crippen LogP contribution in [0, 0.1) is 0 Å². The fourth-order valence-electron chi connectivity index (χ4n) is 3.59. The second-order valence-corrected chi connectivity index (χ2v) is 6.22. The number of carbonyl (C=O) groups excluding carboxylic acids is 2. The lowest BCUT2D eigenvalue weighted by Crippen LogP contribution is -2.48. The van der Waals surface area contributed by atoms with E-state index in [1.54, 1.807) is 6.07 Å². The van der Waals surface area contributed by atoms with Crippen molar-refractivity contribution in [1.29, 1.82) is 0 Å². The molecule has 7 nitrogen and oxygen atoms in total. The number of furan rings is 1. The van der Waals surface area contributed by atoms with Crippen molar-refractivity contribution >= 4 is 11.9 Å². The van der Waals surface area contributed by atoms with E-state index >= 15 is 0 Å². The fourth-order valence-corrected chi connectivity index (χ4v) is 3.59. The predicted octanol–water partition coefficient (Wildman–Crippen LogP) is 0.670. The van der Waals surface area contributed by atoms with Crippen LogP contribution in [-0.2, 0) is 16.1 Å². The van der Waals surface area contributed by atoms with Crippen LogP contribution in [0.25, 0.3) is 0 Å². The Bertz CT molecular complexity index is 571. The molecule has 1 aromatic heterocycles. The third kappa shape index (κ3) is 3.56. The monoisotopic (exact) mass is 322 g/mol. The molecule has 3 rings (SSSR count). The van der Waals surface area contributed by atoms with Crippen molar-refractivity contribution in [2.45, 2.75) is 50.4 Å². The van der Waals surface area contributed by atoms with Crippen molar-refractivity contribution in [2.24, 2.45) is 0 Å². The van der Waals surface area contributed by atoms with Crippen LogP contribution >= 0.6 is 0 Å². The number of esters is 1. The number of methoxy groups -OCH3 is 1. The molecule has 2 aliphatic rings. The van der Waals surface area contributed by atoms with Gasteiger partial charge < -0.3 is 19.6 Å². The molecule has 2 bridgehead atoms. The van der Waals surface area contributed by atoms with Crippen molar-refractivity contribution in [3.63, 3.8) is 0 Å². The number of amides is 1. The zero-order valence-electron chi connectivity index (χ0n) is 13.2. The van der Waals surface area contributed by atoms with Gasteiger partial charge in [-0.3, -0.25) is 9.69 Å². The second kappa shape index (κ2) is 6.72. The van der Waals surface area contributed by atoms with Gasteiger partial charge >= 0.3 is 5.97 Å². The van der Waals surface area contributed by atoms with Gasteiger partial charge in [0.1, 0.15) is 5.76 Å². The number of aliphatic hydroxyl groups excluding tert-OH is 1. The molecule has 2 saturated heterocycles. The summed E-state index contributed by atoms with van der Waals surface area (Å²) in [5.41, 5.74) is 0. The molecule has 3 atom stereocenters. The van der Waals surface area contributed by atoms with E-state index in [-0.39, 0.29) is 24.3 Å². The van der Waals surface area contributed by atoms with E-state index < -0.39 is 5.97 Å². The Morgan fingerprint density at radius 1 is 1.35 bits per heavy atom. The molecule has 23 heavy (non-hydrogen) atoms. The molecule has 1 amide bonds. The quantitative estimate of drug-likeness (QED) is 0.774. The average molecular weight is 322 g/mol. The van der Waals surface area contributed by atoms with Gasteiger partial charge in [-0.05, 0) is 37.8 Å². The topological polar surface area (TPSA) is 92.0 Å². The summed E-state index contributed by atoms with van der Waals surface area (Å²) in [6, 6.07) is 3.79. The third-order valence-corrected chi connectivity index (χ3v) is 4.69. The number of hydrogen-bond donors (Lipinski definition) is 2. The lowest BCUT2D eigenvalue weighted by Gasteiger charge is -2.36. The largest absolute Gasteiger partial charge is 0.463 e. The normalized spacial score (nSPS) is 27.0. The van der Waals surface area contributed by atoms with Crippen molar-refractivity contribution in [3.05, 3.63) is 23.7 Å². The molecule has 0 saturated carbocycles. The molecule has 0 aromatic carbocycles. The molecule has 0 aliphatic carbocycles. The first-order valence-electron chi connectivity index (χ1n) is 7.94. The van der Waals surface area contributed by atoms with Crippen LogP contribution in [0.2, 0.25) is 0 Å². The summed E-state index contributed by atoms with van der Waals surface area (Å²) >= 11 is 0. The van der Waals surface area contributed by atoms with Gasteiger partial charge in [-0.1, -0.05) is 0 Å². The summed E-state index contributed by atoms with van der Waals surface area (Å²) in [6.07, 6.45) is 3.38. The molecule has 2 aliphatic heterocycles. The number of piperidine rings is 1. The third-order valence-electron chi connectivity index (χ3n) is 4.69. The summed E-state index contributed by atoms with van der Waals surface area (Å²) in [5.74, 6) is 0.0240. The van der Waals surface area contributed by atoms with Gasteiger partial charge in [-0.25, -0.2) is 4.79 Å². The molecule has 126 valence electrons. The van der Waals surface area contributed by atoms with Gasteiger partial charge in [0.15, 0.2) is 0 Å². The molecule has 0 spiro atoms. The molecule has 1 unspecified atom stereocenters. The Balaban J connectivity index is 1.49. The van der Waals surface area contributed by atoms with Crippen LogP contribution in [0.15, 0.2) is 16.5 Å². The Morgan fingerprint density at radius 3 is 2.70 bits per heavy atom. The summed E-state index contributed by atoms with van der Waals surface area (Å²) in [5, 5.41) is 12.6. The van der Waals surface area contributed by atoms with Crippen LogP contribution in [0.3, 0.4) is 0 Å². The van der Waals surface area contributed by atoms with Gasteiger partial charge in [0.05, 0.1) is 26.3 Å². The predicted molar refractivity (Wildman–Crippen MR) is 80.7 cm³/mol. The molecule has 1 aromatic rings. The van der Waals surface area contributed by atoms with Gasteiger partial charge in [0.25, 0.3) is 0 Å². The van der Waals surface area contributed by atoms with E-state index in [0.717, 1.165) is 25.7 Å². The van der Waals surface area contributed by atoms with Crippen LogP contribution < -0.4 is 5.32 Å². The van der Waals surface area contributed by atoms with E-state index in [2.05, 4.69) is 15.0 Å². The first-order chi connectivity index (χ1) is 11.1. The highest BCUT2D eigenvalue weighted by molar-refractivity contribution is 5.86. The molecule has 0 radical (unpaired) electrons. The average Bonchev–Trinajstić information content (AvgIpc) is 3.08. The van der Waals surface area contributed by atoms with E-state index in [4.69, 9.17) is 4.42 Å². The van der Waals surface area contributed by atoms with Crippen molar-refractivity contribution in [2.75, 3.05) is 13.7 Å². The zero-order chi connectivity index (χ0) is 16.4. The molecule has 2 N–H and O–H groups in total. The van der Waals surface area contributed by atoms with Gasteiger partial charge in [-0.2, -0.15) is 0 Å². The smallest absolute Gasteiger partial charge is 0.373 e. The van der Waals surface area contributed by atoms with Gasteiger partial charge in [-0.15, -0.1) is 0 Å². The number of rotatable bonds is 5. The first-order valence-corrected chi connectivity index (χ1v) is 7.94. The summed E-state index contributed by atoms with van der Waals surface area (Å²) in [4.78, 5) is 25.6. The maximum Gasteiger partial charge on any atom is 0.373 e. The maximum absolute atomic E-state index is 12.1. The highest BCUT2D eigenvalue weighted by Crippen LogP contribution is 2.35. The van der Waals surface area contributed by atoms with E-state index in [1.165, 1.54) is 13.2 Å². The Morgan fingerprint density at radius 2 is 2.04 bits per heavy atom. The Labute approximate surface area is 134 Å². The van der Waals surface area contributed by atoms with Crippen LogP contribution in [-0.4, -0.2) is 53.7 Å². The van der Waals surface area contributed by atoms with Crippen LogP contribution in [0.1, 0.15) is 42.0 Å². The van der Waals surface area contributed by atoms with Crippen molar-refractivity contribution in [1.82, 2.24) is 10.2 Å². The molecule has 2 fully saturated rings. The minimum absolute atomic E-state index is 0.0747. The number of nitrogens with zero attached hydrogens (tertiary/aromatic N) is 1. The summed E-state index contributed by atoms with van der Waals surface area (Å²) in [6.45, 7) is 0.578. The second-order valence-electron chi connectivity index (χ2n) is 6.22. The van der Waals surface area contributed by atoms with Crippen LogP contribution in [0.5, 0.6) is 0 Å². The number of fused-ring (bicyclic) bond motifs is 2. The minimum Gasteiger partial charge on any atom is -0.463 e. The summed E-state index contributed by atoms with van der Waals surface area (Å²) in [7, 11) is 1.29. The lowest BCUT2D eigenvalue weighted by molar-refractivity contribution is -0.124. The number of aliphatic hydroxyl groups is 1. The molecular formula is C16H22N2O5. The standard InChI is InChI=1S/C16H22N2O5/c1-22-16(21)14-5-4-13(23-14)8-17-15(20)9-18-10-2-3-11(18)7-12(19)6-10/h4-5,10-12,19H,2-3,6-9H2,1H3,(H,17,20)/t10-,11+,12?. The highest BCUT2D eigenvalue weighted by atomic mass is 16.5. The Kier molecular flexibility index (Phi) is 4.68. The Hall–Kier alpha value is -1.86. The first kappa shape index (κ1) is 16.0. The molecular weight excluding hydrogens is 300 g/mol. The minimum atomic E-state index is -0.536. The van der Waals surface area contributed by atoms with Gasteiger partial charge in [0, 0.05) is 12.1 Å². The van der Waals surface area contributed by atoms with E-state index in [9.17, 15) is 14.7 Å². The lowest BCUT2D eigenvalue weighted by atomic mass is 10.00. The SMILES string of the molecule is COC(=O)c1ccc(CNC(=O)CN2[C@@H]3CC[C@H]2CC(O)C3)o1. The maximum atomic E-state index is 12.1. The van der Waals surface area contributed by atoms with E-state index in [1.807, 2.05) is 0 Å². The fraction of sp³-hybridized carbons (Fsp3) is 0.625. The zero-order valence-corrected chi connectivity index (χ0v) is 13.2. The summed E-state index contributed by atoms with van der Waals surface area (Å²) < 4.78 is 9.88. The van der Waals surface area contributed by atoms with Crippen molar-refractivity contribution < 1.29 is 23.8 Å². The van der Waals surface area contributed by atoms with E-state index in [0.29, 0.717) is 24.4 Å². The highest BCUT2D eigenvalue weighted by Gasteiger charge is 2.40. The molecule has 3 heterocycles. The van der Waals surface area contributed by atoms with Gasteiger partial charge in [0.2, 0.25) is 11.7 Å². The molecule has 7 heteroatoms.